The van der Waals surface area contributed by atoms with Crippen LogP contribution in [-0.2, 0) is 4.79 Å². The summed E-state index contributed by atoms with van der Waals surface area (Å²) in [4.78, 5) is 28.2. The highest BCUT2D eigenvalue weighted by Crippen LogP contribution is 2.30. The summed E-state index contributed by atoms with van der Waals surface area (Å²) in [6, 6.07) is 8.59. The Balaban J connectivity index is 1.79. The second-order valence-electron chi connectivity index (χ2n) is 5.17. The van der Waals surface area contributed by atoms with E-state index < -0.39 is 6.04 Å². The number of amides is 2. The molecule has 0 unspecified atom stereocenters. The van der Waals surface area contributed by atoms with Crippen LogP contribution in [0.4, 0.5) is 5.69 Å². The van der Waals surface area contributed by atoms with Gasteiger partial charge in [-0.3, -0.25) is 9.59 Å². The van der Waals surface area contributed by atoms with Gasteiger partial charge >= 0.3 is 0 Å². The van der Waals surface area contributed by atoms with Gasteiger partial charge in [0.15, 0.2) is 0 Å². The van der Waals surface area contributed by atoms with Gasteiger partial charge in [-0.05, 0) is 30.0 Å². The van der Waals surface area contributed by atoms with Gasteiger partial charge in [0.2, 0.25) is 5.91 Å². The molecule has 1 aromatic heterocycles. The lowest BCUT2D eigenvalue weighted by Crippen LogP contribution is -2.42. The molecule has 2 amide bonds. The minimum atomic E-state index is -0.441. The van der Waals surface area contributed by atoms with Crippen LogP contribution >= 0.6 is 22.9 Å². The molecular weight excluding hydrogens is 320 g/mol. The first-order valence-corrected chi connectivity index (χ1v) is 8.27. The van der Waals surface area contributed by atoms with Gasteiger partial charge in [-0.1, -0.05) is 23.7 Å². The van der Waals surface area contributed by atoms with E-state index in [0.29, 0.717) is 29.2 Å². The maximum absolute atomic E-state index is 12.6. The molecule has 22 heavy (non-hydrogen) atoms. The van der Waals surface area contributed by atoms with E-state index in [4.69, 9.17) is 11.6 Å². The lowest BCUT2D eigenvalue weighted by molar-refractivity contribution is -0.120. The summed E-state index contributed by atoms with van der Waals surface area (Å²) in [7, 11) is 1.68. The monoisotopic (exact) mass is 334 g/mol. The number of rotatable bonds is 3. The van der Waals surface area contributed by atoms with Crippen molar-refractivity contribution in [3.63, 3.8) is 0 Å². The van der Waals surface area contributed by atoms with Crippen LogP contribution in [-0.4, -0.2) is 36.3 Å². The molecule has 114 valence electrons. The average molecular weight is 335 g/mol. The molecular formula is C16H15ClN2O2S. The van der Waals surface area contributed by atoms with Crippen LogP contribution in [0.1, 0.15) is 16.8 Å². The number of para-hydroxylation sites is 1. The van der Waals surface area contributed by atoms with Gasteiger partial charge in [0.05, 0.1) is 16.3 Å². The lowest BCUT2D eigenvalue weighted by Gasteiger charge is -2.24. The van der Waals surface area contributed by atoms with Crippen LogP contribution in [0.2, 0.25) is 5.02 Å². The van der Waals surface area contributed by atoms with E-state index in [1.165, 1.54) is 16.2 Å². The number of carbonyl (C=O) groups is 2. The Kier molecular flexibility index (Phi) is 4.18. The predicted octanol–water partition coefficient (Wildman–Crippen LogP) is 3.28. The Bertz CT molecular complexity index is 702. The van der Waals surface area contributed by atoms with E-state index >= 15 is 0 Å². The standard InChI is InChI=1S/C16H15ClN2O2S/c1-18(15(20)11-7-9-22-10-11)14-6-8-19(16(14)21)13-5-3-2-4-12(13)17/h2-5,7,9-10,14H,6,8H2,1H3/t14-/m1/s1. The first-order valence-electron chi connectivity index (χ1n) is 6.95. The Morgan fingerprint density at radius 1 is 1.36 bits per heavy atom. The molecule has 2 heterocycles. The number of anilines is 1. The van der Waals surface area contributed by atoms with Crippen molar-refractivity contribution in [1.82, 2.24) is 4.90 Å². The first-order chi connectivity index (χ1) is 10.6. The molecule has 1 aliphatic heterocycles. The molecule has 6 heteroatoms. The summed E-state index contributed by atoms with van der Waals surface area (Å²) >= 11 is 7.64. The van der Waals surface area contributed by atoms with Crippen molar-refractivity contribution >= 4 is 40.4 Å². The van der Waals surface area contributed by atoms with E-state index in [1.807, 2.05) is 23.6 Å². The Morgan fingerprint density at radius 3 is 2.82 bits per heavy atom. The highest BCUT2D eigenvalue weighted by Gasteiger charge is 2.38. The highest BCUT2D eigenvalue weighted by atomic mass is 35.5. The van der Waals surface area contributed by atoms with Crippen molar-refractivity contribution in [3.8, 4) is 0 Å². The van der Waals surface area contributed by atoms with Crippen molar-refractivity contribution in [1.29, 1.82) is 0 Å². The van der Waals surface area contributed by atoms with Crippen molar-refractivity contribution < 1.29 is 9.59 Å². The number of nitrogens with zero attached hydrogens (tertiary/aromatic N) is 2. The molecule has 0 radical (unpaired) electrons. The maximum Gasteiger partial charge on any atom is 0.255 e. The maximum atomic E-state index is 12.6. The van der Waals surface area contributed by atoms with E-state index in [0.717, 1.165) is 0 Å². The number of benzene rings is 1. The highest BCUT2D eigenvalue weighted by molar-refractivity contribution is 7.08. The zero-order chi connectivity index (χ0) is 15.7. The smallest absolute Gasteiger partial charge is 0.255 e. The van der Waals surface area contributed by atoms with E-state index in [1.54, 1.807) is 29.5 Å². The molecule has 0 saturated carbocycles. The van der Waals surface area contributed by atoms with E-state index in [9.17, 15) is 9.59 Å². The Labute approximate surface area is 137 Å². The third-order valence-electron chi connectivity index (χ3n) is 3.88. The van der Waals surface area contributed by atoms with Crippen molar-refractivity contribution in [2.45, 2.75) is 12.5 Å². The average Bonchev–Trinajstić information content (AvgIpc) is 3.16. The fourth-order valence-electron chi connectivity index (χ4n) is 2.67. The predicted molar refractivity (Wildman–Crippen MR) is 88.6 cm³/mol. The number of likely N-dealkylation sites (N-methyl/N-ethyl adjacent to an activating group) is 1. The van der Waals surface area contributed by atoms with E-state index in [-0.39, 0.29) is 11.8 Å². The van der Waals surface area contributed by atoms with Crippen molar-refractivity contribution in [3.05, 3.63) is 51.7 Å². The second kappa shape index (κ2) is 6.10. The summed E-state index contributed by atoms with van der Waals surface area (Å²) in [5, 5.41) is 4.20. The van der Waals surface area contributed by atoms with Gasteiger partial charge < -0.3 is 9.80 Å². The van der Waals surface area contributed by atoms with Crippen LogP contribution in [0.3, 0.4) is 0 Å². The molecule has 1 atom stereocenters. The van der Waals surface area contributed by atoms with Gasteiger partial charge in [-0.2, -0.15) is 11.3 Å². The van der Waals surface area contributed by atoms with E-state index in [2.05, 4.69) is 0 Å². The van der Waals surface area contributed by atoms with Gasteiger partial charge in [0.1, 0.15) is 6.04 Å². The Hall–Kier alpha value is -1.85. The zero-order valence-electron chi connectivity index (χ0n) is 12.0. The van der Waals surface area contributed by atoms with Gasteiger partial charge in [-0.15, -0.1) is 0 Å². The molecule has 2 aromatic rings. The molecule has 0 N–H and O–H groups in total. The van der Waals surface area contributed by atoms with Crippen molar-refractivity contribution in [2.75, 3.05) is 18.5 Å². The third-order valence-corrected chi connectivity index (χ3v) is 4.88. The largest absolute Gasteiger partial charge is 0.330 e. The fraction of sp³-hybridized carbons (Fsp3) is 0.250. The Morgan fingerprint density at radius 2 is 2.14 bits per heavy atom. The molecule has 0 aliphatic carbocycles. The third kappa shape index (κ3) is 2.62. The summed E-state index contributed by atoms with van der Waals surface area (Å²) in [5.41, 5.74) is 1.32. The fourth-order valence-corrected chi connectivity index (χ4v) is 3.53. The molecule has 1 saturated heterocycles. The summed E-state index contributed by atoms with van der Waals surface area (Å²) < 4.78 is 0. The summed E-state index contributed by atoms with van der Waals surface area (Å²) in [6.07, 6.45) is 0.608. The normalized spacial score (nSPS) is 17.8. The molecule has 3 rings (SSSR count). The molecule has 0 spiro atoms. The van der Waals surface area contributed by atoms with Gasteiger partial charge in [0.25, 0.3) is 5.91 Å². The SMILES string of the molecule is CN(C(=O)c1ccsc1)[C@@H]1CCN(c2ccccc2Cl)C1=O. The molecule has 1 aliphatic rings. The molecule has 1 fully saturated rings. The first kappa shape index (κ1) is 15.1. The molecule has 4 nitrogen and oxygen atoms in total. The zero-order valence-corrected chi connectivity index (χ0v) is 13.6. The van der Waals surface area contributed by atoms with Crippen LogP contribution in [0.15, 0.2) is 41.1 Å². The minimum Gasteiger partial charge on any atom is -0.330 e. The quantitative estimate of drug-likeness (QED) is 0.864. The summed E-state index contributed by atoms with van der Waals surface area (Å²) in [5.74, 6) is -0.209. The van der Waals surface area contributed by atoms with Gasteiger partial charge in [-0.25, -0.2) is 0 Å². The summed E-state index contributed by atoms with van der Waals surface area (Å²) in [6.45, 7) is 0.564. The number of carbonyl (C=O) groups excluding carboxylic acids is 2. The number of hydrogen-bond donors (Lipinski definition) is 0. The minimum absolute atomic E-state index is 0.0841. The topological polar surface area (TPSA) is 40.6 Å². The molecule has 0 bridgehead atoms. The lowest BCUT2D eigenvalue weighted by atomic mass is 10.2. The van der Waals surface area contributed by atoms with Gasteiger partial charge in [0, 0.05) is 19.0 Å². The van der Waals surface area contributed by atoms with Crippen LogP contribution < -0.4 is 4.90 Å². The number of thiophene rings is 1. The van der Waals surface area contributed by atoms with Crippen LogP contribution in [0.25, 0.3) is 0 Å². The van der Waals surface area contributed by atoms with Crippen LogP contribution in [0, 0.1) is 0 Å². The number of hydrogen-bond acceptors (Lipinski definition) is 3. The van der Waals surface area contributed by atoms with Crippen LogP contribution in [0.5, 0.6) is 0 Å². The van der Waals surface area contributed by atoms with Crippen molar-refractivity contribution in [2.24, 2.45) is 0 Å². The molecule has 1 aromatic carbocycles. The number of halogens is 1. The second-order valence-corrected chi connectivity index (χ2v) is 6.36.